The molecule has 0 aliphatic carbocycles. The van der Waals surface area contributed by atoms with Crippen LogP contribution in [-0.4, -0.2) is 15.9 Å². The van der Waals surface area contributed by atoms with Gasteiger partial charge in [0.1, 0.15) is 11.3 Å². The third-order valence-electron chi connectivity index (χ3n) is 4.27. The van der Waals surface area contributed by atoms with E-state index in [1.165, 1.54) is 0 Å². The van der Waals surface area contributed by atoms with Gasteiger partial charge in [-0.2, -0.15) is 0 Å². The third kappa shape index (κ3) is 3.71. The maximum Gasteiger partial charge on any atom is 0.236 e. The lowest BCUT2D eigenvalue weighted by Gasteiger charge is -2.11. The van der Waals surface area contributed by atoms with E-state index in [1.54, 1.807) is 11.3 Å². The van der Waals surface area contributed by atoms with Crippen molar-refractivity contribution in [3.8, 4) is 10.8 Å². The number of nitrogens with zero attached hydrogens (tertiary/aromatic N) is 2. The monoisotopic (exact) mass is 395 g/mol. The van der Waals surface area contributed by atoms with Crippen molar-refractivity contribution in [2.75, 3.05) is 5.32 Å². The van der Waals surface area contributed by atoms with Crippen molar-refractivity contribution in [1.29, 1.82) is 0 Å². The Morgan fingerprint density at radius 3 is 2.71 bits per heavy atom. The minimum absolute atomic E-state index is 0.144. The Balaban J connectivity index is 1.49. The number of anilines is 1. The minimum Gasteiger partial charge on any atom is -0.440 e. The summed E-state index contributed by atoms with van der Waals surface area (Å²) in [6, 6.07) is 9.34. The Hall–Kier alpha value is -2.93. The number of hydrogen-bond acceptors (Lipinski definition) is 6. The highest BCUT2D eigenvalue weighted by Gasteiger charge is 2.21. The third-order valence-corrected chi connectivity index (χ3v) is 5.12. The predicted molar refractivity (Wildman–Crippen MR) is 110 cm³/mol. The fourth-order valence-corrected chi connectivity index (χ4v) is 3.43. The van der Waals surface area contributed by atoms with Crippen molar-refractivity contribution in [3.05, 3.63) is 53.1 Å². The molecule has 0 aliphatic rings. The zero-order chi connectivity index (χ0) is 19.9. The maximum atomic E-state index is 12.5. The van der Waals surface area contributed by atoms with E-state index < -0.39 is 0 Å². The summed E-state index contributed by atoms with van der Waals surface area (Å²) in [5.74, 6) is 1.72. The smallest absolute Gasteiger partial charge is 0.236 e. The average Bonchev–Trinajstić information content (AvgIpc) is 3.34. The highest BCUT2D eigenvalue weighted by Crippen LogP contribution is 2.28. The number of aryl methyl sites for hydroxylation is 1. The van der Waals surface area contributed by atoms with Gasteiger partial charge in [-0.05, 0) is 36.6 Å². The van der Waals surface area contributed by atoms with Gasteiger partial charge < -0.3 is 14.2 Å². The van der Waals surface area contributed by atoms with Gasteiger partial charge in [0.25, 0.3) is 0 Å². The van der Waals surface area contributed by atoms with Crippen molar-refractivity contribution < 1.29 is 13.6 Å². The zero-order valence-corrected chi connectivity index (χ0v) is 17.0. The Kier molecular flexibility index (Phi) is 4.55. The fraction of sp³-hybridized carbons (Fsp3) is 0.286. The summed E-state index contributed by atoms with van der Waals surface area (Å²) in [4.78, 5) is 22.4. The molecule has 28 heavy (non-hydrogen) atoms. The van der Waals surface area contributed by atoms with Gasteiger partial charge in [-0.1, -0.05) is 26.8 Å². The van der Waals surface area contributed by atoms with E-state index >= 15 is 0 Å². The van der Waals surface area contributed by atoms with E-state index in [1.807, 2.05) is 63.4 Å². The number of benzene rings is 1. The van der Waals surface area contributed by atoms with E-state index in [4.69, 9.17) is 8.83 Å². The van der Waals surface area contributed by atoms with Gasteiger partial charge in [-0.25, -0.2) is 9.97 Å². The first-order valence-electron chi connectivity index (χ1n) is 9.01. The van der Waals surface area contributed by atoms with Crippen LogP contribution in [0.2, 0.25) is 0 Å². The summed E-state index contributed by atoms with van der Waals surface area (Å²) in [6.45, 7) is 7.96. The van der Waals surface area contributed by atoms with Gasteiger partial charge in [0.15, 0.2) is 5.58 Å². The molecule has 0 unspecified atom stereocenters. The second kappa shape index (κ2) is 6.91. The second-order valence-corrected chi connectivity index (χ2v) is 8.62. The number of oxazole rings is 2. The highest BCUT2D eigenvalue weighted by molar-refractivity contribution is 7.13. The van der Waals surface area contributed by atoms with Crippen LogP contribution in [0.5, 0.6) is 0 Å². The number of amides is 1. The number of rotatable bonds is 4. The first-order chi connectivity index (χ1) is 13.3. The van der Waals surface area contributed by atoms with E-state index in [-0.39, 0.29) is 17.7 Å². The number of fused-ring (bicyclic) bond motifs is 1. The summed E-state index contributed by atoms with van der Waals surface area (Å²) in [7, 11) is 0. The number of thiophene rings is 1. The lowest BCUT2D eigenvalue weighted by molar-refractivity contribution is -0.115. The van der Waals surface area contributed by atoms with Crippen LogP contribution in [0, 0.1) is 6.92 Å². The molecule has 7 heteroatoms. The first-order valence-corrected chi connectivity index (χ1v) is 9.89. The summed E-state index contributed by atoms with van der Waals surface area (Å²) in [5, 5.41) is 4.87. The van der Waals surface area contributed by atoms with Crippen LogP contribution in [0.25, 0.3) is 21.9 Å². The second-order valence-electron chi connectivity index (χ2n) is 7.68. The van der Waals surface area contributed by atoms with E-state index in [0.717, 1.165) is 10.4 Å². The van der Waals surface area contributed by atoms with Crippen molar-refractivity contribution in [3.63, 3.8) is 0 Å². The molecule has 0 radical (unpaired) electrons. The molecule has 0 aliphatic heterocycles. The molecule has 4 aromatic rings. The normalized spacial score (nSPS) is 11.9. The number of nitrogens with one attached hydrogen (secondary N) is 1. The summed E-state index contributed by atoms with van der Waals surface area (Å²) in [5.41, 5.74) is 2.56. The Morgan fingerprint density at radius 1 is 1.18 bits per heavy atom. The molecule has 0 spiro atoms. The maximum absolute atomic E-state index is 12.5. The standard InChI is InChI=1S/C21H21N3O3S/c1-12-14(23-19(26-12)17-6-5-9-28-17)11-18(25)22-13-7-8-16-15(10-13)24-20(27-16)21(2,3)4/h5-10H,11H2,1-4H3,(H,22,25). The predicted octanol–water partition coefficient (Wildman–Crippen LogP) is 5.33. The van der Waals surface area contributed by atoms with Crippen LogP contribution >= 0.6 is 11.3 Å². The molecule has 4 rings (SSSR count). The van der Waals surface area contributed by atoms with E-state index in [9.17, 15) is 4.79 Å². The molecule has 0 atom stereocenters. The molecule has 3 heterocycles. The van der Waals surface area contributed by atoms with Crippen molar-refractivity contribution >= 4 is 34.0 Å². The van der Waals surface area contributed by atoms with Crippen LogP contribution in [0.3, 0.4) is 0 Å². The lowest BCUT2D eigenvalue weighted by atomic mass is 9.97. The van der Waals surface area contributed by atoms with Gasteiger partial charge in [0, 0.05) is 11.1 Å². The first kappa shape index (κ1) is 18.4. The molecule has 144 valence electrons. The lowest BCUT2D eigenvalue weighted by Crippen LogP contribution is -2.15. The van der Waals surface area contributed by atoms with E-state index in [2.05, 4.69) is 15.3 Å². The zero-order valence-electron chi connectivity index (χ0n) is 16.2. The fourth-order valence-electron chi connectivity index (χ4n) is 2.78. The number of hydrogen-bond donors (Lipinski definition) is 1. The highest BCUT2D eigenvalue weighted by atomic mass is 32.1. The molecule has 0 fully saturated rings. The number of aromatic nitrogens is 2. The molecule has 1 amide bonds. The van der Waals surface area contributed by atoms with Gasteiger partial charge in [-0.3, -0.25) is 4.79 Å². The van der Waals surface area contributed by atoms with Crippen LogP contribution in [0.4, 0.5) is 5.69 Å². The van der Waals surface area contributed by atoms with Crippen molar-refractivity contribution in [2.45, 2.75) is 39.5 Å². The molecular weight excluding hydrogens is 374 g/mol. The average molecular weight is 395 g/mol. The van der Waals surface area contributed by atoms with Crippen LogP contribution < -0.4 is 5.32 Å². The molecular formula is C21H21N3O3S. The molecule has 1 aromatic carbocycles. The van der Waals surface area contributed by atoms with E-state index in [0.29, 0.717) is 34.5 Å². The minimum atomic E-state index is -0.173. The topological polar surface area (TPSA) is 81.2 Å². The Bertz CT molecular complexity index is 1130. The van der Waals surface area contributed by atoms with Crippen LogP contribution in [0.1, 0.15) is 38.1 Å². The largest absolute Gasteiger partial charge is 0.440 e. The van der Waals surface area contributed by atoms with Gasteiger partial charge in [-0.15, -0.1) is 11.3 Å². The molecule has 3 aromatic heterocycles. The molecule has 6 nitrogen and oxygen atoms in total. The number of carbonyl (C=O) groups is 1. The molecule has 0 bridgehead atoms. The van der Waals surface area contributed by atoms with Crippen LogP contribution in [-0.2, 0) is 16.6 Å². The van der Waals surface area contributed by atoms with Crippen molar-refractivity contribution in [1.82, 2.24) is 9.97 Å². The molecule has 0 saturated carbocycles. The van der Waals surface area contributed by atoms with Gasteiger partial charge in [0.2, 0.25) is 17.7 Å². The Labute approximate surface area is 166 Å². The summed E-state index contributed by atoms with van der Waals surface area (Å²) in [6.07, 6.45) is 0.144. The molecule has 1 N–H and O–H groups in total. The Morgan fingerprint density at radius 2 is 2.00 bits per heavy atom. The SMILES string of the molecule is Cc1oc(-c2cccs2)nc1CC(=O)Nc1ccc2oc(C(C)(C)C)nc2c1. The van der Waals surface area contributed by atoms with Gasteiger partial charge in [0.05, 0.1) is 17.0 Å². The van der Waals surface area contributed by atoms with Crippen molar-refractivity contribution in [2.24, 2.45) is 0 Å². The van der Waals surface area contributed by atoms with Gasteiger partial charge >= 0.3 is 0 Å². The van der Waals surface area contributed by atoms with Crippen LogP contribution in [0.15, 0.2) is 44.5 Å². The summed E-state index contributed by atoms with van der Waals surface area (Å²) < 4.78 is 11.5. The number of carbonyl (C=O) groups excluding carboxylic acids is 1. The molecule has 0 saturated heterocycles. The quantitative estimate of drug-likeness (QED) is 0.505. The summed E-state index contributed by atoms with van der Waals surface area (Å²) >= 11 is 1.55.